The predicted octanol–water partition coefficient (Wildman–Crippen LogP) is 4.12. The van der Waals surface area contributed by atoms with Gasteiger partial charge < -0.3 is 14.6 Å². The molecular weight excluding hydrogens is 510 g/mol. The van der Waals surface area contributed by atoms with Crippen LogP contribution in [0.1, 0.15) is 25.2 Å². The minimum absolute atomic E-state index is 0.0798. The highest BCUT2D eigenvalue weighted by Crippen LogP contribution is 2.24. The van der Waals surface area contributed by atoms with Crippen LogP contribution in [0.3, 0.4) is 0 Å². The number of halogens is 1. The van der Waals surface area contributed by atoms with Crippen LogP contribution in [0, 0.1) is 6.92 Å². The Morgan fingerprint density at radius 3 is 2.49 bits per heavy atom. The summed E-state index contributed by atoms with van der Waals surface area (Å²) in [6.07, 6.45) is 0. The van der Waals surface area contributed by atoms with Gasteiger partial charge in [-0.15, -0.1) is 10.2 Å². The maximum absolute atomic E-state index is 12.8. The second-order valence-corrected chi connectivity index (χ2v) is 10.9. The summed E-state index contributed by atoms with van der Waals surface area (Å²) < 4.78 is 34.5. The van der Waals surface area contributed by atoms with Crippen LogP contribution in [0.25, 0.3) is 0 Å². The van der Waals surface area contributed by atoms with Crippen molar-refractivity contribution in [2.75, 3.05) is 24.2 Å². The van der Waals surface area contributed by atoms with Crippen molar-refractivity contribution < 1.29 is 17.9 Å². The van der Waals surface area contributed by atoms with E-state index in [1.165, 1.54) is 22.1 Å². The molecule has 0 spiro atoms. The number of hydrogen-bond acceptors (Lipinski definition) is 7. The summed E-state index contributed by atoms with van der Waals surface area (Å²) in [4.78, 5) is 12.8. The third kappa shape index (κ3) is 6.75. The van der Waals surface area contributed by atoms with Crippen LogP contribution in [0.5, 0.6) is 5.75 Å². The molecule has 0 aliphatic carbocycles. The molecule has 35 heavy (non-hydrogen) atoms. The third-order valence-corrected chi connectivity index (χ3v) is 8.58. The minimum Gasteiger partial charge on any atom is -0.486 e. The zero-order valence-corrected chi connectivity index (χ0v) is 22.4. The molecule has 188 valence electrons. The first-order valence-corrected chi connectivity index (χ1v) is 13.8. The van der Waals surface area contributed by atoms with Crippen molar-refractivity contribution in [1.82, 2.24) is 19.1 Å². The van der Waals surface area contributed by atoms with Gasteiger partial charge in [-0.2, -0.15) is 4.31 Å². The topological polar surface area (TPSA) is 106 Å². The molecule has 3 aromatic rings. The lowest BCUT2D eigenvalue weighted by Crippen LogP contribution is -2.30. The van der Waals surface area contributed by atoms with Crippen LogP contribution in [0.4, 0.5) is 5.69 Å². The number of rotatable bonds is 11. The maximum Gasteiger partial charge on any atom is 0.243 e. The summed E-state index contributed by atoms with van der Waals surface area (Å²) in [5.41, 5.74) is 1.22. The van der Waals surface area contributed by atoms with Crippen molar-refractivity contribution in [3.63, 3.8) is 0 Å². The molecule has 2 aromatic carbocycles. The Labute approximate surface area is 214 Å². The Morgan fingerprint density at radius 2 is 1.83 bits per heavy atom. The van der Waals surface area contributed by atoms with Crippen LogP contribution < -0.4 is 10.1 Å². The maximum atomic E-state index is 12.8. The first kappa shape index (κ1) is 27.0. The van der Waals surface area contributed by atoms with E-state index in [1.54, 1.807) is 61.9 Å². The summed E-state index contributed by atoms with van der Waals surface area (Å²) in [6.45, 7) is 6.34. The molecule has 0 atom stereocenters. The van der Waals surface area contributed by atoms with Gasteiger partial charge in [-0.3, -0.25) is 4.79 Å². The first-order chi connectivity index (χ1) is 16.6. The summed E-state index contributed by atoms with van der Waals surface area (Å²) >= 11 is 7.11. The Kier molecular flexibility index (Phi) is 9.17. The van der Waals surface area contributed by atoms with Gasteiger partial charge in [0.1, 0.15) is 12.4 Å². The van der Waals surface area contributed by atoms with Gasteiger partial charge in [0.05, 0.1) is 10.6 Å². The van der Waals surface area contributed by atoms with Crippen LogP contribution in [0.2, 0.25) is 5.02 Å². The van der Waals surface area contributed by atoms with E-state index < -0.39 is 10.0 Å². The van der Waals surface area contributed by atoms with E-state index in [-0.39, 0.29) is 23.2 Å². The van der Waals surface area contributed by atoms with E-state index in [0.717, 1.165) is 5.56 Å². The molecule has 0 aliphatic rings. The monoisotopic (exact) mass is 537 g/mol. The molecule has 0 bridgehead atoms. The number of hydrogen-bond donors (Lipinski definition) is 1. The highest BCUT2D eigenvalue weighted by molar-refractivity contribution is 7.99. The van der Waals surface area contributed by atoms with Gasteiger partial charge in [0.15, 0.2) is 11.0 Å². The molecule has 12 heteroatoms. The van der Waals surface area contributed by atoms with E-state index in [1.807, 2.05) is 6.92 Å². The number of sulfonamides is 1. The molecule has 0 radical (unpaired) electrons. The van der Waals surface area contributed by atoms with Gasteiger partial charge in [0, 0.05) is 30.8 Å². The summed E-state index contributed by atoms with van der Waals surface area (Å²) in [7, 11) is -1.83. The fourth-order valence-corrected chi connectivity index (χ4v) is 5.54. The molecule has 1 aromatic heterocycles. The second kappa shape index (κ2) is 11.9. The zero-order chi connectivity index (χ0) is 25.6. The number of carbonyl (C=O) groups is 1. The standard InChI is InChI=1S/C23H28ClN5O4S2/c1-5-29(6-2)35(31,32)19-12-7-16(3)20(13-19)25-22(30)15-34-23-27-26-21(28(23)4)14-33-18-10-8-17(24)9-11-18/h7-13H,5-6,14-15H2,1-4H3,(H,25,30). The molecule has 9 nitrogen and oxygen atoms in total. The smallest absolute Gasteiger partial charge is 0.243 e. The molecule has 1 N–H and O–H groups in total. The lowest BCUT2D eigenvalue weighted by atomic mass is 10.2. The van der Waals surface area contributed by atoms with E-state index in [4.69, 9.17) is 16.3 Å². The van der Waals surface area contributed by atoms with E-state index in [0.29, 0.717) is 40.5 Å². The Hall–Kier alpha value is -2.60. The number of amides is 1. The number of nitrogens with zero attached hydrogens (tertiary/aromatic N) is 4. The van der Waals surface area contributed by atoms with Crippen molar-refractivity contribution in [3.8, 4) is 5.75 Å². The van der Waals surface area contributed by atoms with Crippen molar-refractivity contribution in [2.24, 2.45) is 7.05 Å². The number of anilines is 1. The SMILES string of the molecule is CCN(CC)S(=O)(=O)c1ccc(C)c(NC(=O)CSc2nnc(COc3ccc(Cl)cc3)n2C)c1. The van der Waals surface area contributed by atoms with Gasteiger partial charge in [0.2, 0.25) is 15.9 Å². The molecule has 0 saturated heterocycles. The van der Waals surface area contributed by atoms with Gasteiger partial charge >= 0.3 is 0 Å². The van der Waals surface area contributed by atoms with E-state index >= 15 is 0 Å². The summed E-state index contributed by atoms with van der Waals surface area (Å²) in [6, 6.07) is 11.8. The van der Waals surface area contributed by atoms with Crippen LogP contribution in [-0.2, 0) is 28.5 Å². The van der Waals surface area contributed by atoms with E-state index in [2.05, 4.69) is 15.5 Å². The fraction of sp³-hybridized carbons (Fsp3) is 0.348. The molecule has 3 rings (SSSR count). The molecular formula is C23H28ClN5O4S2. The normalized spacial score (nSPS) is 11.6. The van der Waals surface area contributed by atoms with Crippen molar-refractivity contribution in [3.05, 3.63) is 58.9 Å². The van der Waals surface area contributed by atoms with Crippen LogP contribution in [0.15, 0.2) is 52.5 Å². The van der Waals surface area contributed by atoms with Gasteiger partial charge in [-0.1, -0.05) is 43.3 Å². The van der Waals surface area contributed by atoms with Crippen molar-refractivity contribution >= 4 is 45.0 Å². The first-order valence-electron chi connectivity index (χ1n) is 11.0. The van der Waals surface area contributed by atoms with Crippen LogP contribution in [-0.4, -0.2) is 52.2 Å². The molecule has 0 aliphatic heterocycles. The number of thioether (sulfide) groups is 1. The lowest BCUT2D eigenvalue weighted by Gasteiger charge is -2.19. The van der Waals surface area contributed by atoms with Crippen LogP contribution >= 0.6 is 23.4 Å². The highest BCUT2D eigenvalue weighted by Gasteiger charge is 2.22. The number of nitrogens with one attached hydrogen (secondary N) is 1. The molecule has 0 unspecified atom stereocenters. The lowest BCUT2D eigenvalue weighted by molar-refractivity contribution is -0.113. The largest absolute Gasteiger partial charge is 0.486 e. The zero-order valence-electron chi connectivity index (χ0n) is 20.0. The van der Waals surface area contributed by atoms with Gasteiger partial charge in [0.25, 0.3) is 0 Å². The van der Waals surface area contributed by atoms with Gasteiger partial charge in [-0.25, -0.2) is 8.42 Å². The van der Waals surface area contributed by atoms with E-state index in [9.17, 15) is 13.2 Å². The van der Waals surface area contributed by atoms with Crippen molar-refractivity contribution in [2.45, 2.75) is 37.4 Å². The molecule has 1 heterocycles. The van der Waals surface area contributed by atoms with Crippen molar-refractivity contribution in [1.29, 1.82) is 0 Å². The quantitative estimate of drug-likeness (QED) is 0.367. The number of benzene rings is 2. The Balaban J connectivity index is 1.61. The summed E-state index contributed by atoms with van der Waals surface area (Å²) in [5, 5.41) is 12.3. The number of aromatic nitrogens is 3. The number of carbonyl (C=O) groups excluding carboxylic acids is 1. The predicted molar refractivity (Wildman–Crippen MR) is 137 cm³/mol. The minimum atomic E-state index is -3.63. The average molecular weight is 538 g/mol. The Morgan fingerprint density at radius 1 is 1.14 bits per heavy atom. The number of ether oxygens (including phenoxy) is 1. The third-order valence-electron chi connectivity index (χ3n) is 5.27. The summed E-state index contributed by atoms with van der Waals surface area (Å²) in [5.74, 6) is 1.06. The highest BCUT2D eigenvalue weighted by atomic mass is 35.5. The molecule has 0 fully saturated rings. The Bertz CT molecular complexity index is 1280. The fourth-order valence-electron chi connectivity index (χ4n) is 3.20. The average Bonchev–Trinajstić information content (AvgIpc) is 3.18. The van der Waals surface area contributed by atoms with Gasteiger partial charge in [-0.05, 0) is 48.9 Å². The second-order valence-electron chi connectivity index (χ2n) is 7.60. The number of aryl methyl sites for hydroxylation is 1. The molecule has 0 saturated carbocycles. The molecule has 1 amide bonds.